The molecule has 0 aromatic heterocycles. The van der Waals surface area contributed by atoms with E-state index in [2.05, 4.69) is 10.6 Å². The number of nitro groups is 1. The molecule has 2 amide bonds. The minimum absolute atomic E-state index is 0.132. The van der Waals surface area contributed by atoms with Crippen LogP contribution in [0.2, 0.25) is 0 Å². The van der Waals surface area contributed by atoms with E-state index in [1.165, 1.54) is 25.1 Å². The van der Waals surface area contributed by atoms with E-state index in [0.717, 1.165) is 0 Å². The van der Waals surface area contributed by atoms with Gasteiger partial charge in [-0.05, 0) is 11.6 Å². The van der Waals surface area contributed by atoms with Crippen LogP contribution >= 0.6 is 0 Å². The maximum atomic E-state index is 12.4. The lowest BCUT2D eigenvalue weighted by molar-refractivity contribution is -0.384. The maximum Gasteiger partial charge on any atom is 0.355 e. The molecule has 2 N–H and O–H groups in total. The number of esters is 1. The topological polar surface area (TPSA) is 146 Å². The van der Waals surface area contributed by atoms with Crippen molar-refractivity contribution in [3.05, 3.63) is 63.8 Å². The number of rotatable bonds is 7. The molecule has 2 aromatic rings. The number of nitrogens with zero attached hydrogens (tertiary/aromatic N) is 1. The number of amides is 2. The summed E-state index contributed by atoms with van der Waals surface area (Å²) in [5.41, 5.74) is -0.0671. The van der Waals surface area contributed by atoms with Crippen molar-refractivity contribution in [3.63, 3.8) is 0 Å². The van der Waals surface area contributed by atoms with Gasteiger partial charge in [-0.15, -0.1) is 0 Å². The summed E-state index contributed by atoms with van der Waals surface area (Å²) >= 11 is 0. The van der Waals surface area contributed by atoms with Gasteiger partial charge in [0.15, 0.2) is 18.1 Å². The summed E-state index contributed by atoms with van der Waals surface area (Å²) < 4.78 is 15.9. The first-order chi connectivity index (χ1) is 15.8. The van der Waals surface area contributed by atoms with Crippen LogP contribution in [0.5, 0.6) is 11.5 Å². The van der Waals surface area contributed by atoms with E-state index in [-0.39, 0.29) is 22.9 Å². The minimum Gasteiger partial charge on any atom is -0.489 e. The highest BCUT2D eigenvalue weighted by molar-refractivity contribution is 6.00. The van der Waals surface area contributed by atoms with E-state index >= 15 is 0 Å². The third kappa shape index (κ3) is 6.53. The molecule has 0 saturated heterocycles. The van der Waals surface area contributed by atoms with Crippen LogP contribution in [0.15, 0.2) is 48.2 Å². The van der Waals surface area contributed by atoms with Crippen LogP contribution in [0.1, 0.15) is 18.9 Å². The third-order valence-electron chi connectivity index (χ3n) is 4.31. The van der Waals surface area contributed by atoms with Gasteiger partial charge in [-0.2, -0.15) is 0 Å². The van der Waals surface area contributed by atoms with E-state index in [1.807, 2.05) is 0 Å². The SMILES string of the molecule is CC(=O)N/C(=C\c1ccccc1)C(=O)OCC(=O)Nc1cc2c(cc1[N+](=O)[O-])OCCCO2. The third-order valence-corrected chi connectivity index (χ3v) is 4.31. The highest BCUT2D eigenvalue weighted by Crippen LogP contribution is 2.39. The first kappa shape index (κ1) is 23.3. The second-order valence-electron chi connectivity index (χ2n) is 6.90. The van der Waals surface area contributed by atoms with Gasteiger partial charge in [0.2, 0.25) is 5.91 Å². The second kappa shape index (κ2) is 10.8. The van der Waals surface area contributed by atoms with Crippen molar-refractivity contribution in [2.24, 2.45) is 0 Å². The van der Waals surface area contributed by atoms with Crippen molar-refractivity contribution in [3.8, 4) is 11.5 Å². The molecular formula is C22H21N3O8. The van der Waals surface area contributed by atoms with Gasteiger partial charge in [0.05, 0.1) is 24.2 Å². The Kier molecular flexibility index (Phi) is 7.58. The van der Waals surface area contributed by atoms with Crippen molar-refractivity contribution in [1.82, 2.24) is 5.32 Å². The van der Waals surface area contributed by atoms with Crippen LogP contribution in [0.25, 0.3) is 6.08 Å². The number of anilines is 1. The fourth-order valence-corrected chi connectivity index (χ4v) is 2.90. The minimum atomic E-state index is -0.947. The fraction of sp³-hybridized carbons (Fsp3) is 0.227. The van der Waals surface area contributed by atoms with Gasteiger partial charge in [0, 0.05) is 19.4 Å². The molecule has 172 valence electrons. The average molecular weight is 455 g/mol. The Morgan fingerprint density at radius 3 is 2.42 bits per heavy atom. The molecule has 0 bridgehead atoms. The largest absolute Gasteiger partial charge is 0.489 e. The van der Waals surface area contributed by atoms with Crippen LogP contribution in [0.4, 0.5) is 11.4 Å². The van der Waals surface area contributed by atoms with Gasteiger partial charge < -0.3 is 24.8 Å². The van der Waals surface area contributed by atoms with Gasteiger partial charge in [0.25, 0.3) is 11.6 Å². The molecule has 33 heavy (non-hydrogen) atoms. The molecule has 1 heterocycles. The summed E-state index contributed by atoms with van der Waals surface area (Å²) in [6, 6.07) is 11.2. The number of benzene rings is 2. The number of hydrogen-bond acceptors (Lipinski definition) is 8. The first-order valence-electron chi connectivity index (χ1n) is 9.93. The van der Waals surface area contributed by atoms with Crippen molar-refractivity contribution < 1.29 is 33.5 Å². The summed E-state index contributed by atoms with van der Waals surface area (Å²) in [6.07, 6.45) is 2.00. The van der Waals surface area contributed by atoms with Gasteiger partial charge >= 0.3 is 5.97 Å². The molecule has 11 nitrogen and oxygen atoms in total. The zero-order chi connectivity index (χ0) is 23.8. The molecule has 1 aliphatic heterocycles. The quantitative estimate of drug-likeness (QED) is 0.280. The zero-order valence-corrected chi connectivity index (χ0v) is 17.7. The standard InChI is InChI=1S/C22H21N3O8/c1-14(26)23-17(10-15-6-3-2-4-7-15)22(28)33-13-21(27)24-16-11-19-20(12-18(16)25(29)30)32-9-5-8-31-19/h2-4,6-7,10-12H,5,8-9,13H2,1H3,(H,23,26)(H,24,27)/b17-10-. The Labute approximate surface area is 188 Å². The molecule has 0 radical (unpaired) electrons. The highest BCUT2D eigenvalue weighted by atomic mass is 16.6. The number of nitro benzene ring substituents is 1. The molecule has 2 aromatic carbocycles. The average Bonchev–Trinajstić information content (AvgIpc) is 3.01. The van der Waals surface area contributed by atoms with E-state index in [9.17, 15) is 24.5 Å². The first-order valence-corrected chi connectivity index (χ1v) is 9.93. The van der Waals surface area contributed by atoms with Crippen LogP contribution in [0, 0.1) is 10.1 Å². The Morgan fingerprint density at radius 2 is 1.79 bits per heavy atom. The lowest BCUT2D eigenvalue weighted by atomic mass is 10.2. The number of nitrogens with one attached hydrogen (secondary N) is 2. The molecule has 1 aliphatic rings. The number of ether oxygens (including phenoxy) is 3. The molecule has 0 saturated carbocycles. The smallest absolute Gasteiger partial charge is 0.355 e. The summed E-state index contributed by atoms with van der Waals surface area (Å²) in [4.78, 5) is 47.0. The Bertz CT molecular complexity index is 1100. The van der Waals surface area contributed by atoms with E-state index in [4.69, 9.17) is 14.2 Å². The van der Waals surface area contributed by atoms with Crippen LogP contribution in [0.3, 0.4) is 0 Å². The zero-order valence-electron chi connectivity index (χ0n) is 17.7. The molecule has 0 atom stereocenters. The molecule has 3 rings (SSSR count). The van der Waals surface area contributed by atoms with Gasteiger partial charge in [-0.1, -0.05) is 30.3 Å². The molecular weight excluding hydrogens is 434 g/mol. The monoisotopic (exact) mass is 455 g/mol. The fourth-order valence-electron chi connectivity index (χ4n) is 2.90. The highest BCUT2D eigenvalue weighted by Gasteiger charge is 2.23. The second-order valence-corrected chi connectivity index (χ2v) is 6.90. The number of carbonyl (C=O) groups excluding carboxylic acids is 3. The molecule has 11 heteroatoms. The number of fused-ring (bicyclic) bond motifs is 1. The van der Waals surface area contributed by atoms with Crippen molar-refractivity contribution >= 4 is 35.2 Å². The van der Waals surface area contributed by atoms with Crippen LogP contribution < -0.4 is 20.1 Å². The van der Waals surface area contributed by atoms with Gasteiger partial charge in [-0.3, -0.25) is 19.7 Å². The Morgan fingerprint density at radius 1 is 1.12 bits per heavy atom. The Balaban J connectivity index is 1.70. The van der Waals surface area contributed by atoms with Gasteiger partial charge in [0.1, 0.15) is 11.4 Å². The van der Waals surface area contributed by atoms with Gasteiger partial charge in [-0.25, -0.2) is 4.79 Å². The number of carbonyl (C=O) groups is 3. The predicted molar refractivity (Wildman–Crippen MR) is 117 cm³/mol. The van der Waals surface area contributed by atoms with Crippen molar-refractivity contribution in [2.75, 3.05) is 25.1 Å². The summed E-state index contributed by atoms with van der Waals surface area (Å²) in [5, 5.41) is 16.1. The molecule has 0 aliphatic carbocycles. The van der Waals surface area contributed by atoms with Crippen molar-refractivity contribution in [2.45, 2.75) is 13.3 Å². The van der Waals surface area contributed by atoms with E-state index in [1.54, 1.807) is 30.3 Å². The lowest BCUT2D eigenvalue weighted by Crippen LogP contribution is -2.29. The maximum absolute atomic E-state index is 12.4. The van der Waals surface area contributed by atoms with Crippen LogP contribution in [-0.4, -0.2) is 42.5 Å². The molecule has 0 fully saturated rings. The Hall–Kier alpha value is -4.41. The summed E-state index contributed by atoms with van der Waals surface area (Å²) in [7, 11) is 0. The lowest BCUT2D eigenvalue weighted by Gasteiger charge is -2.12. The summed E-state index contributed by atoms with van der Waals surface area (Å²) in [5.74, 6) is -1.81. The van der Waals surface area contributed by atoms with E-state index < -0.39 is 35.0 Å². The van der Waals surface area contributed by atoms with Crippen molar-refractivity contribution in [1.29, 1.82) is 0 Å². The van der Waals surface area contributed by atoms with E-state index in [0.29, 0.717) is 25.2 Å². The van der Waals surface area contributed by atoms with Crippen LogP contribution in [-0.2, 0) is 19.1 Å². The summed E-state index contributed by atoms with van der Waals surface area (Å²) in [6.45, 7) is 1.19. The number of hydrogen-bond donors (Lipinski definition) is 2. The normalized spacial score (nSPS) is 12.8. The molecule has 0 spiro atoms. The molecule has 0 unspecified atom stereocenters. The predicted octanol–water partition coefficient (Wildman–Crippen LogP) is 2.42.